The molecule has 1 fully saturated rings. The van der Waals surface area contributed by atoms with Crippen LogP contribution < -0.4 is 15.8 Å². The van der Waals surface area contributed by atoms with Crippen molar-refractivity contribution in [2.24, 2.45) is 11.7 Å². The highest BCUT2D eigenvalue weighted by molar-refractivity contribution is 7.22. The highest BCUT2D eigenvalue weighted by Crippen LogP contribution is 2.34. The molecule has 0 saturated carbocycles. The summed E-state index contributed by atoms with van der Waals surface area (Å²) < 4.78 is 6.11. The number of primary amides is 1. The second-order valence-corrected chi connectivity index (χ2v) is 7.76. The minimum Gasteiger partial charge on any atom is -0.495 e. The smallest absolute Gasteiger partial charge is 0.230 e. The van der Waals surface area contributed by atoms with Crippen molar-refractivity contribution in [2.75, 3.05) is 32.1 Å². The van der Waals surface area contributed by atoms with Crippen LogP contribution in [0.1, 0.15) is 19.3 Å². The van der Waals surface area contributed by atoms with Crippen LogP contribution in [0, 0.1) is 5.92 Å². The topological polar surface area (TPSA) is 97.5 Å². The van der Waals surface area contributed by atoms with Crippen LogP contribution >= 0.6 is 22.9 Å². The van der Waals surface area contributed by atoms with Gasteiger partial charge < -0.3 is 20.7 Å². The van der Waals surface area contributed by atoms with Crippen LogP contribution in [0.3, 0.4) is 0 Å². The van der Waals surface area contributed by atoms with Crippen molar-refractivity contribution < 1.29 is 14.3 Å². The molecule has 2 aromatic rings. The number of nitrogens with two attached hydrogens (primary N) is 1. The van der Waals surface area contributed by atoms with Crippen molar-refractivity contribution in [2.45, 2.75) is 19.3 Å². The number of rotatable bonds is 6. The molecular formula is C17H21ClN4O3S. The summed E-state index contributed by atoms with van der Waals surface area (Å²) in [6.07, 6.45) is 2.06. The first-order valence-electron chi connectivity index (χ1n) is 8.42. The molecular weight excluding hydrogens is 376 g/mol. The van der Waals surface area contributed by atoms with E-state index >= 15 is 0 Å². The van der Waals surface area contributed by atoms with Crippen LogP contribution in [0.4, 0.5) is 5.13 Å². The van der Waals surface area contributed by atoms with Gasteiger partial charge in [0.25, 0.3) is 0 Å². The largest absolute Gasteiger partial charge is 0.495 e. The first kappa shape index (κ1) is 18.9. The van der Waals surface area contributed by atoms with Crippen LogP contribution in [0.25, 0.3) is 10.2 Å². The molecule has 1 aliphatic rings. The number of likely N-dealkylation sites (tertiary alicyclic amines) is 1. The third kappa shape index (κ3) is 4.44. The monoisotopic (exact) mass is 396 g/mol. The molecule has 1 aliphatic heterocycles. The molecule has 9 heteroatoms. The van der Waals surface area contributed by atoms with Crippen molar-refractivity contribution in [1.82, 2.24) is 9.88 Å². The molecule has 7 nitrogen and oxygen atoms in total. The zero-order valence-corrected chi connectivity index (χ0v) is 16.0. The predicted molar refractivity (Wildman–Crippen MR) is 103 cm³/mol. The number of methoxy groups -OCH3 is 1. The minimum absolute atomic E-state index is 0.0501. The summed E-state index contributed by atoms with van der Waals surface area (Å²) in [6, 6.07) is 3.55. The summed E-state index contributed by atoms with van der Waals surface area (Å²) in [5.74, 6) is 0.0888. The van der Waals surface area contributed by atoms with Gasteiger partial charge in [0.05, 0.1) is 28.3 Å². The Labute approximate surface area is 160 Å². The lowest BCUT2D eigenvalue weighted by Gasteiger charge is -2.31. The molecule has 140 valence electrons. The van der Waals surface area contributed by atoms with E-state index < -0.39 is 0 Å². The predicted octanol–water partition coefficient (Wildman–Crippen LogP) is 2.48. The molecule has 2 amide bonds. The Balaban J connectivity index is 1.65. The summed E-state index contributed by atoms with van der Waals surface area (Å²) in [5.41, 5.74) is 5.93. The molecule has 1 atom stereocenters. The van der Waals surface area contributed by atoms with E-state index in [1.807, 2.05) is 6.07 Å². The van der Waals surface area contributed by atoms with E-state index in [1.165, 1.54) is 11.3 Å². The fourth-order valence-corrected chi connectivity index (χ4v) is 4.20. The van der Waals surface area contributed by atoms with Crippen molar-refractivity contribution in [3.05, 3.63) is 17.2 Å². The van der Waals surface area contributed by atoms with Gasteiger partial charge in [-0.3, -0.25) is 9.59 Å². The van der Waals surface area contributed by atoms with Gasteiger partial charge in [0, 0.05) is 25.6 Å². The van der Waals surface area contributed by atoms with E-state index in [9.17, 15) is 9.59 Å². The highest BCUT2D eigenvalue weighted by Gasteiger charge is 2.26. The van der Waals surface area contributed by atoms with E-state index in [1.54, 1.807) is 13.2 Å². The SMILES string of the molecule is COc1cc2sc(NC(=O)C3CCCN(CCC(N)=O)C3)nc2cc1Cl. The zero-order valence-electron chi connectivity index (χ0n) is 14.5. The number of anilines is 1. The van der Waals surface area contributed by atoms with E-state index in [0.717, 1.165) is 29.6 Å². The van der Waals surface area contributed by atoms with E-state index in [-0.39, 0.29) is 17.7 Å². The van der Waals surface area contributed by atoms with Gasteiger partial charge in [0.15, 0.2) is 5.13 Å². The Hall–Kier alpha value is -1.90. The number of piperidine rings is 1. The van der Waals surface area contributed by atoms with Gasteiger partial charge in [-0.2, -0.15) is 0 Å². The number of ether oxygens (including phenoxy) is 1. The van der Waals surface area contributed by atoms with Gasteiger partial charge >= 0.3 is 0 Å². The molecule has 2 heterocycles. The Morgan fingerprint density at radius 3 is 3.04 bits per heavy atom. The first-order chi connectivity index (χ1) is 12.5. The standard InChI is InChI=1S/C17H21ClN4O3S/c1-25-13-8-14-12(7-11(13)18)20-17(26-14)21-16(24)10-3-2-5-22(9-10)6-4-15(19)23/h7-8,10H,2-6,9H2,1H3,(H2,19,23)(H,20,21,24). The van der Waals surface area contributed by atoms with Crippen LogP contribution in [-0.4, -0.2) is 48.4 Å². The Morgan fingerprint density at radius 2 is 2.31 bits per heavy atom. The van der Waals surface area contributed by atoms with Crippen molar-refractivity contribution >= 4 is 50.1 Å². The third-order valence-corrected chi connectivity index (χ3v) is 5.67. The second kappa shape index (κ2) is 8.20. The normalized spacial score (nSPS) is 18.0. The average molecular weight is 397 g/mol. The lowest BCUT2D eigenvalue weighted by molar-refractivity contribution is -0.121. The lowest BCUT2D eigenvalue weighted by Crippen LogP contribution is -2.41. The van der Waals surface area contributed by atoms with Gasteiger partial charge in [-0.1, -0.05) is 22.9 Å². The van der Waals surface area contributed by atoms with Crippen LogP contribution in [0.15, 0.2) is 12.1 Å². The summed E-state index contributed by atoms with van der Waals surface area (Å²) in [4.78, 5) is 30.1. The van der Waals surface area contributed by atoms with Gasteiger partial charge in [0.2, 0.25) is 11.8 Å². The van der Waals surface area contributed by atoms with Gasteiger partial charge in [-0.15, -0.1) is 0 Å². The zero-order chi connectivity index (χ0) is 18.7. The molecule has 0 radical (unpaired) electrons. The number of aromatic nitrogens is 1. The number of thiazole rings is 1. The summed E-state index contributed by atoms with van der Waals surface area (Å²) in [5, 5.41) is 3.94. The Kier molecular flexibility index (Phi) is 5.95. The van der Waals surface area contributed by atoms with E-state index in [0.29, 0.717) is 35.4 Å². The molecule has 3 rings (SSSR count). The quantitative estimate of drug-likeness (QED) is 0.781. The first-order valence-corrected chi connectivity index (χ1v) is 9.61. The molecule has 1 saturated heterocycles. The summed E-state index contributed by atoms with van der Waals surface area (Å²) >= 11 is 7.51. The molecule has 0 spiro atoms. The number of fused-ring (bicyclic) bond motifs is 1. The van der Waals surface area contributed by atoms with Crippen molar-refractivity contribution in [3.63, 3.8) is 0 Å². The average Bonchev–Trinajstić information content (AvgIpc) is 3.00. The van der Waals surface area contributed by atoms with Gasteiger partial charge in [-0.05, 0) is 25.5 Å². The van der Waals surface area contributed by atoms with Gasteiger partial charge in [-0.25, -0.2) is 4.98 Å². The third-order valence-electron chi connectivity index (χ3n) is 4.44. The maximum absolute atomic E-state index is 12.6. The number of nitrogens with zero attached hydrogens (tertiary/aromatic N) is 2. The number of benzene rings is 1. The summed E-state index contributed by atoms with van der Waals surface area (Å²) in [6.45, 7) is 2.11. The fraction of sp³-hybridized carbons (Fsp3) is 0.471. The molecule has 26 heavy (non-hydrogen) atoms. The molecule has 3 N–H and O–H groups in total. The van der Waals surface area contributed by atoms with Gasteiger partial charge in [0.1, 0.15) is 5.75 Å². The lowest BCUT2D eigenvalue weighted by atomic mass is 9.97. The minimum atomic E-state index is -0.319. The number of hydrogen-bond donors (Lipinski definition) is 2. The van der Waals surface area contributed by atoms with Crippen LogP contribution in [-0.2, 0) is 9.59 Å². The van der Waals surface area contributed by atoms with Crippen molar-refractivity contribution in [1.29, 1.82) is 0 Å². The number of carbonyl (C=O) groups is 2. The molecule has 0 aliphatic carbocycles. The number of carbonyl (C=O) groups excluding carboxylic acids is 2. The maximum atomic E-state index is 12.6. The van der Waals surface area contributed by atoms with E-state index in [2.05, 4.69) is 15.2 Å². The number of amides is 2. The van der Waals surface area contributed by atoms with Crippen LogP contribution in [0.5, 0.6) is 5.75 Å². The van der Waals surface area contributed by atoms with E-state index in [4.69, 9.17) is 22.1 Å². The van der Waals surface area contributed by atoms with Crippen molar-refractivity contribution in [3.8, 4) is 5.75 Å². The second-order valence-electron chi connectivity index (χ2n) is 6.32. The van der Waals surface area contributed by atoms with Crippen LogP contribution in [0.2, 0.25) is 5.02 Å². The fourth-order valence-electron chi connectivity index (χ4n) is 3.09. The number of nitrogens with one attached hydrogen (secondary N) is 1. The summed E-state index contributed by atoms with van der Waals surface area (Å²) in [7, 11) is 1.56. The molecule has 1 aromatic carbocycles. The molecule has 1 unspecified atom stereocenters. The highest BCUT2D eigenvalue weighted by atomic mass is 35.5. The molecule has 0 bridgehead atoms. The molecule has 1 aromatic heterocycles. The number of hydrogen-bond acceptors (Lipinski definition) is 6. The Morgan fingerprint density at radius 1 is 1.50 bits per heavy atom. The number of halogens is 1. The maximum Gasteiger partial charge on any atom is 0.230 e. The Bertz CT molecular complexity index is 826.